The zero-order valence-corrected chi connectivity index (χ0v) is 10.1. The lowest BCUT2D eigenvalue weighted by atomic mass is 9.95. The van der Waals surface area contributed by atoms with Crippen LogP contribution in [0, 0.1) is 6.92 Å². The van der Waals surface area contributed by atoms with Gasteiger partial charge in [0.05, 0.1) is 6.04 Å². The van der Waals surface area contributed by atoms with Gasteiger partial charge in [-0.3, -0.25) is 0 Å². The lowest BCUT2D eigenvalue weighted by Crippen LogP contribution is -2.38. The predicted molar refractivity (Wildman–Crippen MR) is 71.6 cm³/mol. The Morgan fingerprint density at radius 2 is 1.72 bits per heavy atom. The summed E-state index contributed by atoms with van der Waals surface area (Å²) in [5, 5.41) is 5.78. The minimum atomic E-state index is -0.153. The Morgan fingerprint density at radius 1 is 1.00 bits per heavy atom. The molecule has 0 saturated carbocycles. The molecule has 1 unspecified atom stereocenters. The smallest absolute Gasteiger partial charge is 0.320 e. The van der Waals surface area contributed by atoms with Gasteiger partial charge in [0, 0.05) is 11.3 Å². The Morgan fingerprint density at radius 3 is 2.50 bits per heavy atom. The van der Waals surface area contributed by atoms with Crippen LogP contribution in [0.15, 0.2) is 48.5 Å². The van der Waals surface area contributed by atoms with Gasteiger partial charge in [0.25, 0.3) is 0 Å². The zero-order valence-electron chi connectivity index (χ0n) is 10.1. The number of urea groups is 1. The Labute approximate surface area is 106 Å². The molecular weight excluding hydrogens is 224 g/mol. The van der Waals surface area contributed by atoms with Crippen LogP contribution in [0.25, 0.3) is 0 Å². The number of hydrogen-bond acceptors (Lipinski definition) is 1. The van der Waals surface area contributed by atoms with Gasteiger partial charge in [0.15, 0.2) is 0 Å². The van der Waals surface area contributed by atoms with Crippen LogP contribution in [0.4, 0.5) is 10.5 Å². The lowest BCUT2D eigenvalue weighted by Gasteiger charge is -2.27. The first-order chi connectivity index (χ1) is 8.74. The van der Waals surface area contributed by atoms with Crippen LogP contribution in [0.3, 0.4) is 0 Å². The third-order valence-corrected chi connectivity index (χ3v) is 3.21. The van der Waals surface area contributed by atoms with E-state index in [0.29, 0.717) is 0 Å². The SMILES string of the molecule is Cc1ccc(C2NC(=O)Nc3ccccc32)cc1. The summed E-state index contributed by atoms with van der Waals surface area (Å²) in [5.74, 6) is 0. The molecule has 0 fully saturated rings. The van der Waals surface area contributed by atoms with Gasteiger partial charge >= 0.3 is 6.03 Å². The molecule has 2 amide bonds. The quantitative estimate of drug-likeness (QED) is 0.787. The van der Waals surface area contributed by atoms with Crippen molar-refractivity contribution < 1.29 is 4.79 Å². The molecule has 1 aliphatic rings. The fourth-order valence-corrected chi connectivity index (χ4v) is 2.25. The second kappa shape index (κ2) is 4.18. The molecule has 18 heavy (non-hydrogen) atoms. The molecule has 0 aliphatic carbocycles. The number of carbonyl (C=O) groups is 1. The monoisotopic (exact) mass is 238 g/mol. The Kier molecular flexibility index (Phi) is 2.52. The summed E-state index contributed by atoms with van der Waals surface area (Å²) in [6.07, 6.45) is 0. The molecule has 3 heteroatoms. The highest BCUT2D eigenvalue weighted by atomic mass is 16.2. The van der Waals surface area contributed by atoms with Crippen molar-refractivity contribution in [1.82, 2.24) is 5.32 Å². The highest BCUT2D eigenvalue weighted by Gasteiger charge is 2.24. The van der Waals surface area contributed by atoms with E-state index < -0.39 is 0 Å². The first-order valence-electron chi connectivity index (χ1n) is 5.97. The summed E-state index contributed by atoms with van der Waals surface area (Å²) in [6.45, 7) is 2.05. The number of benzene rings is 2. The topological polar surface area (TPSA) is 41.1 Å². The van der Waals surface area contributed by atoms with Crippen LogP contribution in [0.2, 0.25) is 0 Å². The summed E-state index contributed by atoms with van der Waals surface area (Å²) in [6, 6.07) is 15.9. The number of amides is 2. The molecule has 0 aromatic heterocycles. The van der Waals surface area contributed by atoms with Crippen LogP contribution in [-0.2, 0) is 0 Å². The average molecular weight is 238 g/mol. The molecule has 1 aliphatic heterocycles. The van der Waals surface area contributed by atoms with Gasteiger partial charge in [-0.25, -0.2) is 4.79 Å². The summed E-state index contributed by atoms with van der Waals surface area (Å²) in [7, 11) is 0. The third-order valence-electron chi connectivity index (χ3n) is 3.21. The molecule has 0 saturated heterocycles. The number of hydrogen-bond donors (Lipinski definition) is 2. The van der Waals surface area contributed by atoms with Gasteiger partial charge < -0.3 is 10.6 Å². The van der Waals surface area contributed by atoms with Gasteiger partial charge in [0.2, 0.25) is 0 Å². The molecule has 2 N–H and O–H groups in total. The molecule has 3 rings (SSSR count). The minimum Gasteiger partial charge on any atom is -0.327 e. The third kappa shape index (κ3) is 1.84. The van der Waals surface area contributed by atoms with E-state index in [1.165, 1.54) is 5.56 Å². The van der Waals surface area contributed by atoms with Gasteiger partial charge in [-0.15, -0.1) is 0 Å². The van der Waals surface area contributed by atoms with Crippen molar-refractivity contribution >= 4 is 11.7 Å². The molecule has 1 heterocycles. The molecule has 2 aromatic carbocycles. The summed E-state index contributed by atoms with van der Waals surface area (Å²) in [4.78, 5) is 11.7. The van der Waals surface area contributed by atoms with Crippen LogP contribution in [0.1, 0.15) is 22.7 Å². The molecule has 0 bridgehead atoms. The fourth-order valence-electron chi connectivity index (χ4n) is 2.25. The van der Waals surface area contributed by atoms with Gasteiger partial charge in [-0.05, 0) is 18.6 Å². The van der Waals surface area contributed by atoms with Crippen LogP contribution in [0.5, 0.6) is 0 Å². The molecule has 0 radical (unpaired) electrons. The van der Waals surface area contributed by atoms with E-state index in [1.54, 1.807) is 0 Å². The first-order valence-corrected chi connectivity index (χ1v) is 5.97. The number of aryl methyl sites for hydroxylation is 1. The normalized spacial score (nSPS) is 17.6. The van der Waals surface area contributed by atoms with Crippen molar-refractivity contribution in [1.29, 1.82) is 0 Å². The molecule has 2 aromatic rings. The van der Waals surface area contributed by atoms with E-state index in [-0.39, 0.29) is 12.1 Å². The van der Waals surface area contributed by atoms with E-state index in [9.17, 15) is 4.79 Å². The first kappa shape index (κ1) is 10.8. The number of anilines is 1. The number of rotatable bonds is 1. The molecular formula is C15H14N2O. The summed E-state index contributed by atoms with van der Waals surface area (Å²) < 4.78 is 0. The fraction of sp³-hybridized carbons (Fsp3) is 0.133. The van der Waals surface area contributed by atoms with Crippen molar-refractivity contribution in [3.63, 3.8) is 0 Å². The predicted octanol–water partition coefficient (Wildman–Crippen LogP) is 3.22. The Hall–Kier alpha value is -2.29. The van der Waals surface area contributed by atoms with E-state index in [4.69, 9.17) is 0 Å². The Balaban J connectivity index is 2.07. The maximum Gasteiger partial charge on any atom is 0.320 e. The zero-order chi connectivity index (χ0) is 12.5. The van der Waals surface area contributed by atoms with Gasteiger partial charge in [-0.1, -0.05) is 48.0 Å². The van der Waals surface area contributed by atoms with Crippen molar-refractivity contribution in [2.24, 2.45) is 0 Å². The van der Waals surface area contributed by atoms with Gasteiger partial charge in [-0.2, -0.15) is 0 Å². The van der Waals surface area contributed by atoms with E-state index in [2.05, 4.69) is 41.8 Å². The van der Waals surface area contributed by atoms with E-state index in [0.717, 1.165) is 16.8 Å². The van der Waals surface area contributed by atoms with Crippen molar-refractivity contribution in [3.05, 3.63) is 65.2 Å². The number of para-hydroxylation sites is 1. The minimum absolute atomic E-state index is 0.0736. The summed E-state index contributed by atoms with van der Waals surface area (Å²) >= 11 is 0. The molecule has 90 valence electrons. The second-order valence-corrected chi connectivity index (χ2v) is 4.53. The highest BCUT2D eigenvalue weighted by molar-refractivity contribution is 5.93. The largest absolute Gasteiger partial charge is 0.327 e. The second-order valence-electron chi connectivity index (χ2n) is 4.53. The number of fused-ring (bicyclic) bond motifs is 1. The van der Waals surface area contributed by atoms with Crippen LogP contribution in [-0.4, -0.2) is 6.03 Å². The number of nitrogens with one attached hydrogen (secondary N) is 2. The van der Waals surface area contributed by atoms with Crippen molar-refractivity contribution in [3.8, 4) is 0 Å². The molecule has 1 atom stereocenters. The standard InChI is InChI=1S/C15H14N2O/c1-10-6-8-11(9-7-10)14-12-4-2-3-5-13(12)16-15(18)17-14/h2-9,14H,1H3,(H2,16,17,18). The summed E-state index contributed by atoms with van der Waals surface area (Å²) in [5.41, 5.74) is 4.29. The van der Waals surface area contributed by atoms with E-state index >= 15 is 0 Å². The lowest BCUT2D eigenvalue weighted by molar-refractivity contribution is 0.249. The Bertz CT molecular complexity index is 590. The average Bonchev–Trinajstić information content (AvgIpc) is 2.38. The van der Waals surface area contributed by atoms with Crippen molar-refractivity contribution in [2.75, 3.05) is 5.32 Å². The highest BCUT2D eigenvalue weighted by Crippen LogP contribution is 2.31. The van der Waals surface area contributed by atoms with E-state index in [1.807, 2.05) is 24.3 Å². The molecule has 0 spiro atoms. The van der Waals surface area contributed by atoms with Crippen molar-refractivity contribution in [2.45, 2.75) is 13.0 Å². The van der Waals surface area contributed by atoms with Gasteiger partial charge in [0.1, 0.15) is 0 Å². The van der Waals surface area contributed by atoms with Crippen LogP contribution >= 0.6 is 0 Å². The molecule has 3 nitrogen and oxygen atoms in total. The number of carbonyl (C=O) groups excluding carboxylic acids is 1. The maximum absolute atomic E-state index is 11.7. The van der Waals surface area contributed by atoms with Crippen LogP contribution < -0.4 is 10.6 Å². The maximum atomic E-state index is 11.7.